The molecule has 2 unspecified atom stereocenters. The number of halogens is 1. The summed E-state index contributed by atoms with van der Waals surface area (Å²) in [6, 6.07) is 7.19. The van der Waals surface area contributed by atoms with E-state index in [0.29, 0.717) is 35.7 Å². The van der Waals surface area contributed by atoms with Crippen molar-refractivity contribution < 1.29 is 14.2 Å². The molecule has 3 aromatic rings. The molecule has 1 aliphatic heterocycles. The molecule has 29 heavy (non-hydrogen) atoms. The second kappa shape index (κ2) is 8.08. The summed E-state index contributed by atoms with van der Waals surface area (Å²) in [5.41, 5.74) is 1.26. The highest BCUT2D eigenvalue weighted by atomic mass is 19.1. The topological polar surface area (TPSA) is 90.1 Å². The third-order valence-corrected chi connectivity index (χ3v) is 5.26. The van der Waals surface area contributed by atoms with Crippen LogP contribution in [0, 0.1) is 5.82 Å². The molecule has 7 nitrogen and oxygen atoms in total. The van der Waals surface area contributed by atoms with E-state index in [1.165, 1.54) is 37.7 Å². The van der Waals surface area contributed by atoms with Gasteiger partial charge in [0.05, 0.1) is 24.6 Å². The number of nitrogens with zero attached hydrogens (tertiary/aromatic N) is 4. The van der Waals surface area contributed by atoms with Gasteiger partial charge in [-0.15, -0.1) is 0 Å². The van der Waals surface area contributed by atoms with Crippen molar-refractivity contribution in [3.63, 3.8) is 0 Å². The van der Waals surface area contributed by atoms with Crippen molar-refractivity contribution in [3.8, 4) is 17.1 Å². The maximum atomic E-state index is 13.6. The fourth-order valence-electron chi connectivity index (χ4n) is 3.81. The van der Waals surface area contributed by atoms with Crippen LogP contribution in [-0.2, 0) is 6.54 Å². The fraction of sp³-hybridized carbons (Fsp3) is 0.333. The molecule has 0 amide bonds. The summed E-state index contributed by atoms with van der Waals surface area (Å²) in [7, 11) is 1.43. The van der Waals surface area contributed by atoms with Crippen LogP contribution >= 0.6 is 0 Å². The summed E-state index contributed by atoms with van der Waals surface area (Å²) in [6.45, 7) is 0.537. The lowest BCUT2D eigenvalue weighted by Crippen LogP contribution is -2.27. The first-order valence-electron chi connectivity index (χ1n) is 9.48. The molecule has 1 aromatic carbocycles. The normalized spacial score (nSPS) is 17.3. The molecule has 0 fully saturated rings. The first-order chi connectivity index (χ1) is 14.1. The molecule has 8 heteroatoms. The van der Waals surface area contributed by atoms with Gasteiger partial charge < -0.3 is 9.84 Å². The van der Waals surface area contributed by atoms with E-state index < -0.39 is 17.8 Å². The molecule has 0 saturated carbocycles. The van der Waals surface area contributed by atoms with Gasteiger partial charge in [0.15, 0.2) is 0 Å². The highest BCUT2D eigenvalue weighted by Gasteiger charge is 2.31. The summed E-state index contributed by atoms with van der Waals surface area (Å²) in [5, 5.41) is 11.2. The maximum absolute atomic E-state index is 13.6. The van der Waals surface area contributed by atoms with Crippen molar-refractivity contribution in [2.24, 2.45) is 0 Å². The third-order valence-electron chi connectivity index (χ3n) is 5.26. The second-order valence-corrected chi connectivity index (χ2v) is 7.02. The van der Waals surface area contributed by atoms with Gasteiger partial charge in [-0.05, 0) is 31.0 Å². The molecular weight excluding hydrogens is 375 g/mol. The largest absolute Gasteiger partial charge is 0.496 e. The van der Waals surface area contributed by atoms with E-state index in [1.54, 1.807) is 16.8 Å². The van der Waals surface area contributed by atoms with Gasteiger partial charge in [0.1, 0.15) is 23.7 Å². The average Bonchev–Trinajstić information content (AvgIpc) is 2.96. The molecule has 0 radical (unpaired) electrons. The van der Waals surface area contributed by atoms with E-state index in [2.05, 4.69) is 9.97 Å². The highest BCUT2D eigenvalue weighted by molar-refractivity contribution is 5.52. The van der Waals surface area contributed by atoms with Gasteiger partial charge in [0.25, 0.3) is 5.56 Å². The molecule has 1 N–H and O–H groups in total. The van der Waals surface area contributed by atoms with Crippen LogP contribution in [0.5, 0.6) is 5.75 Å². The quantitative estimate of drug-likeness (QED) is 0.729. The van der Waals surface area contributed by atoms with Crippen LogP contribution in [0.25, 0.3) is 11.4 Å². The third kappa shape index (κ3) is 3.75. The zero-order valence-electron chi connectivity index (χ0n) is 16.0. The first-order valence-corrected chi connectivity index (χ1v) is 9.48. The Balaban J connectivity index is 1.83. The number of fused-ring (bicyclic) bond motifs is 1. The number of rotatable bonds is 4. The molecule has 150 valence electrons. The smallest absolute Gasteiger partial charge is 0.254 e. The van der Waals surface area contributed by atoms with Crippen molar-refractivity contribution in [1.29, 1.82) is 0 Å². The van der Waals surface area contributed by atoms with Crippen LogP contribution in [0.3, 0.4) is 0 Å². The first kappa shape index (κ1) is 19.2. The van der Waals surface area contributed by atoms with Crippen LogP contribution in [0.1, 0.15) is 42.7 Å². The number of benzene rings is 1. The number of aliphatic hydroxyl groups is 1. The standard InChI is InChI=1S/C21H21FN4O3/c1-29-18-10-13(22)5-6-14(18)20(28)15-4-2-3-9-26-19(27)11-17(25-21(15)26)16-7-8-23-12-24-16/h5-8,10-12,15,20,28H,2-4,9H2,1H3. The van der Waals surface area contributed by atoms with Gasteiger partial charge in [0.2, 0.25) is 0 Å². The number of hydrogen-bond donors (Lipinski definition) is 1. The lowest BCUT2D eigenvalue weighted by Gasteiger charge is -2.25. The fourth-order valence-corrected chi connectivity index (χ4v) is 3.81. The summed E-state index contributed by atoms with van der Waals surface area (Å²) >= 11 is 0. The van der Waals surface area contributed by atoms with E-state index in [4.69, 9.17) is 9.72 Å². The van der Waals surface area contributed by atoms with Crippen LogP contribution < -0.4 is 10.3 Å². The highest BCUT2D eigenvalue weighted by Crippen LogP contribution is 2.39. The molecule has 2 aromatic heterocycles. The minimum Gasteiger partial charge on any atom is -0.496 e. The Bertz CT molecular complexity index is 1070. The number of hydrogen-bond acceptors (Lipinski definition) is 6. The Labute approximate surface area is 166 Å². The molecule has 3 heterocycles. The van der Waals surface area contributed by atoms with Crippen molar-refractivity contribution in [2.75, 3.05) is 7.11 Å². The van der Waals surface area contributed by atoms with Gasteiger partial charge >= 0.3 is 0 Å². The average molecular weight is 396 g/mol. The number of aliphatic hydroxyl groups excluding tert-OH is 1. The lowest BCUT2D eigenvalue weighted by molar-refractivity contribution is 0.132. The van der Waals surface area contributed by atoms with Crippen LogP contribution in [0.4, 0.5) is 4.39 Å². The molecular formula is C21H21FN4O3. The van der Waals surface area contributed by atoms with Crippen molar-refractivity contribution in [2.45, 2.75) is 37.8 Å². The Morgan fingerprint density at radius 2 is 2.10 bits per heavy atom. The predicted molar refractivity (Wildman–Crippen MR) is 104 cm³/mol. The summed E-state index contributed by atoms with van der Waals surface area (Å²) < 4.78 is 20.5. The number of methoxy groups -OCH3 is 1. The van der Waals surface area contributed by atoms with E-state index in [1.807, 2.05) is 0 Å². The summed E-state index contributed by atoms with van der Waals surface area (Å²) in [6.07, 6.45) is 4.27. The molecule has 2 atom stereocenters. The zero-order valence-corrected chi connectivity index (χ0v) is 16.0. The lowest BCUT2D eigenvalue weighted by atomic mass is 9.90. The van der Waals surface area contributed by atoms with Gasteiger partial charge in [-0.25, -0.2) is 19.3 Å². The summed E-state index contributed by atoms with van der Waals surface area (Å²) in [4.78, 5) is 25.6. The Kier molecular flexibility index (Phi) is 5.35. The van der Waals surface area contributed by atoms with Gasteiger partial charge in [-0.1, -0.05) is 6.42 Å². The zero-order chi connectivity index (χ0) is 20.4. The van der Waals surface area contributed by atoms with Crippen molar-refractivity contribution in [3.05, 3.63) is 70.4 Å². The molecule has 4 rings (SSSR count). The monoisotopic (exact) mass is 396 g/mol. The van der Waals surface area contributed by atoms with Gasteiger partial charge in [-0.3, -0.25) is 9.36 Å². The Morgan fingerprint density at radius 3 is 2.86 bits per heavy atom. The van der Waals surface area contributed by atoms with Crippen LogP contribution in [0.15, 0.2) is 47.7 Å². The minimum atomic E-state index is -0.998. The Hall–Kier alpha value is -3.13. The van der Waals surface area contributed by atoms with Crippen LogP contribution in [0.2, 0.25) is 0 Å². The molecule has 0 spiro atoms. The molecule has 0 aliphatic carbocycles. The summed E-state index contributed by atoms with van der Waals surface area (Å²) in [5.74, 6) is -0.115. The molecule has 0 bridgehead atoms. The Morgan fingerprint density at radius 1 is 1.24 bits per heavy atom. The maximum Gasteiger partial charge on any atom is 0.254 e. The minimum absolute atomic E-state index is 0.186. The predicted octanol–water partition coefficient (Wildman–Crippen LogP) is 2.85. The molecule has 1 aliphatic rings. The van der Waals surface area contributed by atoms with Crippen molar-refractivity contribution >= 4 is 0 Å². The van der Waals surface area contributed by atoms with Crippen molar-refractivity contribution in [1.82, 2.24) is 19.5 Å². The van der Waals surface area contributed by atoms with Crippen LogP contribution in [-0.4, -0.2) is 31.7 Å². The van der Waals surface area contributed by atoms with E-state index in [0.717, 1.165) is 12.8 Å². The second-order valence-electron chi connectivity index (χ2n) is 7.02. The van der Waals surface area contributed by atoms with E-state index >= 15 is 0 Å². The molecule has 0 saturated heterocycles. The van der Waals surface area contributed by atoms with Gasteiger partial charge in [0, 0.05) is 36.4 Å². The van der Waals surface area contributed by atoms with E-state index in [9.17, 15) is 14.3 Å². The SMILES string of the molecule is COc1cc(F)ccc1C(O)C1CCCCn2c1nc(-c1ccncn1)cc2=O. The number of ether oxygens (including phenoxy) is 1. The van der Waals surface area contributed by atoms with E-state index in [-0.39, 0.29) is 11.3 Å². The van der Waals surface area contributed by atoms with Gasteiger partial charge in [-0.2, -0.15) is 0 Å². The number of aromatic nitrogens is 4.